The maximum Gasteiger partial charge on any atom is 0.119 e. The Bertz CT molecular complexity index is 300. The van der Waals surface area contributed by atoms with Gasteiger partial charge in [-0.1, -0.05) is 31.9 Å². The lowest BCUT2D eigenvalue weighted by Gasteiger charge is -2.19. The van der Waals surface area contributed by atoms with E-state index in [1.807, 2.05) is 24.3 Å². The fourth-order valence-corrected chi connectivity index (χ4v) is 1.80. The lowest BCUT2D eigenvalue weighted by Crippen LogP contribution is -2.31. The van der Waals surface area contributed by atoms with Gasteiger partial charge in [-0.15, -0.1) is 0 Å². The van der Waals surface area contributed by atoms with Crippen molar-refractivity contribution in [1.82, 2.24) is 5.32 Å². The SMILES string of the molecule is CCCNCC(CCC)Oc1ccc(Cl)cc1. The molecule has 0 saturated carbocycles. The molecule has 0 fully saturated rings. The summed E-state index contributed by atoms with van der Waals surface area (Å²) in [5.74, 6) is 0.895. The van der Waals surface area contributed by atoms with Gasteiger partial charge in [0.1, 0.15) is 11.9 Å². The molecular formula is C14H22ClNO. The van der Waals surface area contributed by atoms with Gasteiger partial charge in [-0.3, -0.25) is 0 Å². The van der Waals surface area contributed by atoms with Crippen molar-refractivity contribution in [3.8, 4) is 5.75 Å². The van der Waals surface area contributed by atoms with Crippen molar-refractivity contribution in [1.29, 1.82) is 0 Å². The summed E-state index contributed by atoms with van der Waals surface area (Å²) in [6.45, 7) is 6.30. The van der Waals surface area contributed by atoms with Gasteiger partial charge in [-0.05, 0) is 43.7 Å². The third-order valence-corrected chi connectivity index (χ3v) is 2.78. The zero-order chi connectivity index (χ0) is 12.5. The van der Waals surface area contributed by atoms with Crippen LogP contribution in [0.4, 0.5) is 0 Å². The number of rotatable bonds is 8. The molecule has 1 unspecified atom stereocenters. The van der Waals surface area contributed by atoms with Gasteiger partial charge in [0.2, 0.25) is 0 Å². The molecule has 0 aliphatic heterocycles. The zero-order valence-corrected chi connectivity index (χ0v) is 11.5. The van der Waals surface area contributed by atoms with Crippen molar-refractivity contribution in [3.05, 3.63) is 29.3 Å². The highest BCUT2D eigenvalue weighted by Crippen LogP contribution is 2.17. The minimum atomic E-state index is 0.243. The van der Waals surface area contributed by atoms with E-state index in [9.17, 15) is 0 Å². The van der Waals surface area contributed by atoms with Gasteiger partial charge in [0.25, 0.3) is 0 Å². The van der Waals surface area contributed by atoms with E-state index >= 15 is 0 Å². The third kappa shape index (κ3) is 5.94. The van der Waals surface area contributed by atoms with Crippen molar-refractivity contribution in [2.24, 2.45) is 0 Å². The second kappa shape index (κ2) is 8.37. The highest BCUT2D eigenvalue weighted by atomic mass is 35.5. The monoisotopic (exact) mass is 255 g/mol. The van der Waals surface area contributed by atoms with Crippen LogP contribution in [0.25, 0.3) is 0 Å². The second-order valence-electron chi connectivity index (χ2n) is 4.19. The van der Waals surface area contributed by atoms with E-state index in [1.165, 1.54) is 0 Å². The van der Waals surface area contributed by atoms with Gasteiger partial charge in [0, 0.05) is 11.6 Å². The van der Waals surface area contributed by atoms with Crippen LogP contribution in [-0.4, -0.2) is 19.2 Å². The molecule has 1 atom stereocenters. The Morgan fingerprint density at radius 1 is 1.18 bits per heavy atom. The van der Waals surface area contributed by atoms with Crippen LogP contribution in [0.15, 0.2) is 24.3 Å². The van der Waals surface area contributed by atoms with Crippen LogP contribution in [0.2, 0.25) is 5.02 Å². The van der Waals surface area contributed by atoms with E-state index in [1.54, 1.807) is 0 Å². The molecule has 0 saturated heterocycles. The second-order valence-corrected chi connectivity index (χ2v) is 4.62. The summed E-state index contributed by atoms with van der Waals surface area (Å²) in [7, 11) is 0. The summed E-state index contributed by atoms with van der Waals surface area (Å²) in [6.07, 6.45) is 3.60. The molecule has 0 heterocycles. The molecule has 0 aliphatic carbocycles. The first-order chi connectivity index (χ1) is 8.26. The Morgan fingerprint density at radius 3 is 2.47 bits per heavy atom. The molecule has 1 rings (SSSR count). The van der Waals surface area contributed by atoms with E-state index in [4.69, 9.17) is 16.3 Å². The zero-order valence-electron chi connectivity index (χ0n) is 10.7. The Morgan fingerprint density at radius 2 is 1.88 bits per heavy atom. The quantitative estimate of drug-likeness (QED) is 0.712. The molecule has 1 N–H and O–H groups in total. The van der Waals surface area contributed by atoms with Crippen molar-refractivity contribution in [2.45, 2.75) is 39.2 Å². The first-order valence-corrected chi connectivity index (χ1v) is 6.77. The number of hydrogen-bond acceptors (Lipinski definition) is 2. The Hall–Kier alpha value is -0.730. The molecule has 0 spiro atoms. The minimum Gasteiger partial charge on any atom is -0.489 e. The maximum absolute atomic E-state index is 5.94. The maximum atomic E-state index is 5.94. The molecule has 1 aromatic carbocycles. The molecule has 1 aromatic rings. The lowest BCUT2D eigenvalue weighted by atomic mass is 10.2. The van der Waals surface area contributed by atoms with Crippen LogP contribution in [0, 0.1) is 0 Å². The first kappa shape index (κ1) is 14.3. The topological polar surface area (TPSA) is 21.3 Å². The first-order valence-electron chi connectivity index (χ1n) is 6.39. The van der Waals surface area contributed by atoms with Gasteiger partial charge >= 0.3 is 0 Å². The molecule has 0 radical (unpaired) electrons. The fraction of sp³-hybridized carbons (Fsp3) is 0.571. The van der Waals surface area contributed by atoms with E-state index < -0.39 is 0 Å². The summed E-state index contributed by atoms with van der Waals surface area (Å²) in [4.78, 5) is 0. The largest absolute Gasteiger partial charge is 0.489 e. The average molecular weight is 256 g/mol. The van der Waals surface area contributed by atoms with Gasteiger partial charge in [0.05, 0.1) is 0 Å². The number of halogens is 1. The third-order valence-electron chi connectivity index (χ3n) is 2.53. The van der Waals surface area contributed by atoms with Gasteiger partial charge in [0.15, 0.2) is 0 Å². The number of nitrogens with one attached hydrogen (secondary N) is 1. The number of hydrogen-bond donors (Lipinski definition) is 1. The molecule has 3 heteroatoms. The van der Waals surface area contributed by atoms with E-state index in [2.05, 4.69) is 19.2 Å². The van der Waals surface area contributed by atoms with Crippen molar-refractivity contribution in [3.63, 3.8) is 0 Å². The van der Waals surface area contributed by atoms with Crippen molar-refractivity contribution < 1.29 is 4.74 Å². The fourth-order valence-electron chi connectivity index (χ4n) is 1.67. The predicted octanol–water partition coefficient (Wildman–Crippen LogP) is 3.89. The predicted molar refractivity (Wildman–Crippen MR) is 73.9 cm³/mol. The smallest absolute Gasteiger partial charge is 0.119 e. The van der Waals surface area contributed by atoms with Gasteiger partial charge < -0.3 is 10.1 Å². The van der Waals surface area contributed by atoms with Crippen molar-refractivity contribution in [2.75, 3.05) is 13.1 Å². The molecule has 0 aliphatic rings. The van der Waals surface area contributed by atoms with Crippen LogP contribution in [-0.2, 0) is 0 Å². The summed E-state index contributed by atoms with van der Waals surface area (Å²) < 4.78 is 5.94. The van der Waals surface area contributed by atoms with Crippen LogP contribution in [0.5, 0.6) is 5.75 Å². The minimum absolute atomic E-state index is 0.243. The summed E-state index contributed by atoms with van der Waals surface area (Å²) >= 11 is 5.84. The normalized spacial score (nSPS) is 12.4. The molecule has 0 aromatic heterocycles. The Labute approximate surface area is 109 Å². The van der Waals surface area contributed by atoms with Gasteiger partial charge in [-0.2, -0.15) is 0 Å². The molecule has 0 bridgehead atoms. The molecular weight excluding hydrogens is 234 g/mol. The van der Waals surface area contributed by atoms with E-state index in [0.29, 0.717) is 0 Å². The van der Waals surface area contributed by atoms with Crippen molar-refractivity contribution >= 4 is 11.6 Å². The van der Waals surface area contributed by atoms with E-state index in [-0.39, 0.29) is 6.10 Å². The van der Waals surface area contributed by atoms with Crippen LogP contribution in [0.1, 0.15) is 33.1 Å². The lowest BCUT2D eigenvalue weighted by molar-refractivity contribution is 0.186. The molecule has 0 amide bonds. The van der Waals surface area contributed by atoms with E-state index in [0.717, 1.165) is 43.1 Å². The van der Waals surface area contributed by atoms with Crippen LogP contribution >= 0.6 is 11.6 Å². The highest BCUT2D eigenvalue weighted by molar-refractivity contribution is 6.30. The standard InChI is InChI=1S/C14H22ClNO/c1-3-5-14(11-16-10-4-2)17-13-8-6-12(15)7-9-13/h6-9,14,16H,3-5,10-11H2,1-2H3. The van der Waals surface area contributed by atoms with Gasteiger partial charge in [-0.25, -0.2) is 0 Å². The molecule has 17 heavy (non-hydrogen) atoms. The number of benzene rings is 1. The Balaban J connectivity index is 2.44. The average Bonchev–Trinajstić information content (AvgIpc) is 2.32. The van der Waals surface area contributed by atoms with Crippen LogP contribution < -0.4 is 10.1 Å². The number of ether oxygens (including phenoxy) is 1. The molecule has 2 nitrogen and oxygen atoms in total. The van der Waals surface area contributed by atoms with Crippen LogP contribution in [0.3, 0.4) is 0 Å². The summed E-state index contributed by atoms with van der Waals surface area (Å²) in [5.41, 5.74) is 0. The summed E-state index contributed by atoms with van der Waals surface area (Å²) in [6, 6.07) is 7.56. The molecule has 96 valence electrons. The summed E-state index contributed by atoms with van der Waals surface area (Å²) in [5, 5.41) is 4.14. The Kier molecular flexibility index (Phi) is 7.06. The highest BCUT2D eigenvalue weighted by Gasteiger charge is 2.08.